The van der Waals surface area contributed by atoms with E-state index < -0.39 is 5.82 Å². The van der Waals surface area contributed by atoms with E-state index in [0.29, 0.717) is 19.9 Å². The smallest absolute Gasteiger partial charge is 0.268 e. The standard InChI is InChI=1S/C16H8Cl2FNOS2/c17-10-3-1-9(2-4-10)7-14-15(21)20(16(22)23-14)11-5-6-13(19)12(18)8-11/h1-8H. The van der Waals surface area contributed by atoms with Gasteiger partial charge in [0.15, 0.2) is 4.32 Å². The van der Waals surface area contributed by atoms with Crippen molar-refractivity contribution in [2.24, 2.45) is 0 Å². The second kappa shape index (κ2) is 6.61. The fraction of sp³-hybridized carbons (Fsp3) is 0. The van der Waals surface area contributed by atoms with Crippen LogP contribution in [0.25, 0.3) is 6.08 Å². The van der Waals surface area contributed by atoms with Gasteiger partial charge in [0.2, 0.25) is 0 Å². The van der Waals surface area contributed by atoms with E-state index in [1.807, 2.05) is 12.1 Å². The first kappa shape index (κ1) is 16.5. The molecule has 0 radical (unpaired) electrons. The molecule has 1 aliphatic heterocycles. The van der Waals surface area contributed by atoms with Gasteiger partial charge in [-0.15, -0.1) is 0 Å². The molecule has 116 valence electrons. The fourth-order valence-corrected chi connectivity index (χ4v) is 3.62. The van der Waals surface area contributed by atoms with Gasteiger partial charge in [-0.1, -0.05) is 59.3 Å². The highest BCUT2D eigenvalue weighted by atomic mass is 35.5. The van der Waals surface area contributed by atoms with Crippen LogP contribution in [0, 0.1) is 5.82 Å². The number of anilines is 1. The highest BCUT2D eigenvalue weighted by Gasteiger charge is 2.33. The van der Waals surface area contributed by atoms with Crippen molar-refractivity contribution >= 4 is 69.2 Å². The molecule has 1 aliphatic rings. The number of thioether (sulfide) groups is 1. The van der Waals surface area contributed by atoms with Crippen molar-refractivity contribution in [2.75, 3.05) is 4.90 Å². The normalized spacial score (nSPS) is 16.5. The molecule has 0 spiro atoms. The maximum absolute atomic E-state index is 13.3. The lowest BCUT2D eigenvalue weighted by atomic mass is 10.2. The molecule has 1 fully saturated rings. The van der Waals surface area contributed by atoms with Crippen molar-refractivity contribution in [3.05, 3.63) is 68.8 Å². The lowest BCUT2D eigenvalue weighted by Crippen LogP contribution is -2.27. The lowest BCUT2D eigenvalue weighted by molar-refractivity contribution is -0.113. The summed E-state index contributed by atoms with van der Waals surface area (Å²) in [6, 6.07) is 11.2. The van der Waals surface area contributed by atoms with E-state index in [1.54, 1.807) is 18.2 Å². The average Bonchev–Trinajstić information content (AvgIpc) is 2.79. The molecule has 0 bridgehead atoms. The number of thiocarbonyl (C=S) groups is 1. The number of rotatable bonds is 2. The number of carbonyl (C=O) groups is 1. The monoisotopic (exact) mass is 383 g/mol. The Labute approximate surface area is 151 Å². The fourth-order valence-electron chi connectivity index (χ4n) is 2.02. The Morgan fingerprint density at radius 3 is 2.48 bits per heavy atom. The number of hydrogen-bond acceptors (Lipinski definition) is 3. The summed E-state index contributed by atoms with van der Waals surface area (Å²) < 4.78 is 13.7. The molecule has 0 aromatic heterocycles. The first-order chi connectivity index (χ1) is 11.0. The molecule has 0 unspecified atom stereocenters. The van der Waals surface area contributed by atoms with Gasteiger partial charge >= 0.3 is 0 Å². The number of hydrogen-bond donors (Lipinski definition) is 0. The Bertz CT molecular complexity index is 836. The molecule has 0 aliphatic carbocycles. The zero-order valence-electron chi connectivity index (χ0n) is 11.4. The molecule has 2 nitrogen and oxygen atoms in total. The number of nitrogens with zero attached hydrogens (tertiary/aromatic N) is 1. The van der Waals surface area contributed by atoms with Crippen LogP contribution in [0.3, 0.4) is 0 Å². The molecule has 2 aromatic carbocycles. The second-order valence-electron chi connectivity index (χ2n) is 4.67. The predicted octanol–water partition coefficient (Wildman–Crippen LogP) is 5.54. The van der Waals surface area contributed by atoms with Crippen molar-refractivity contribution in [3.63, 3.8) is 0 Å². The molecule has 0 atom stereocenters. The highest BCUT2D eigenvalue weighted by Crippen LogP contribution is 2.37. The molecule has 1 amide bonds. The van der Waals surface area contributed by atoms with Crippen LogP contribution < -0.4 is 4.90 Å². The van der Waals surface area contributed by atoms with Gasteiger partial charge in [0.1, 0.15) is 5.82 Å². The first-order valence-electron chi connectivity index (χ1n) is 6.44. The van der Waals surface area contributed by atoms with Crippen LogP contribution in [0.15, 0.2) is 47.4 Å². The van der Waals surface area contributed by atoms with E-state index in [1.165, 1.54) is 34.9 Å². The Kier molecular flexibility index (Phi) is 4.73. The first-order valence-corrected chi connectivity index (χ1v) is 8.42. The van der Waals surface area contributed by atoms with Gasteiger partial charge in [-0.05, 0) is 42.0 Å². The minimum absolute atomic E-state index is 0.0572. The third-order valence-corrected chi connectivity index (χ3v) is 4.97. The number of carbonyl (C=O) groups excluding carboxylic acids is 1. The van der Waals surface area contributed by atoms with E-state index >= 15 is 0 Å². The minimum Gasteiger partial charge on any atom is -0.268 e. The zero-order chi connectivity index (χ0) is 16.6. The van der Waals surface area contributed by atoms with Crippen LogP contribution in [0.5, 0.6) is 0 Å². The third-order valence-electron chi connectivity index (χ3n) is 3.12. The summed E-state index contributed by atoms with van der Waals surface area (Å²) in [6.45, 7) is 0. The van der Waals surface area contributed by atoms with Gasteiger partial charge in [-0.2, -0.15) is 0 Å². The van der Waals surface area contributed by atoms with Crippen molar-refractivity contribution in [2.45, 2.75) is 0 Å². The molecule has 3 rings (SSSR count). The average molecular weight is 384 g/mol. The molecule has 1 saturated heterocycles. The summed E-state index contributed by atoms with van der Waals surface area (Å²) in [6.07, 6.45) is 1.74. The van der Waals surface area contributed by atoms with Crippen LogP contribution in [0.4, 0.5) is 10.1 Å². The predicted molar refractivity (Wildman–Crippen MR) is 98.5 cm³/mol. The molecule has 23 heavy (non-hydrogen) atoms. The number of amides is 1. The van der Waals surface area contributed by atoms with Crippen LogP contribution in [-0.2, 0) is 4.79 Å². The summed E-state index contributed by atoms with van der Waals surface area (Å²) in [4.78, 5) is 14.4. The summed E-state index contributed by atoms with van der Waals surface area (Å²) in [5, 5.41) is 0.564. The van der Waals surface area contributed by atoms with Crippen molar-refractivity contribution < 1.29 is 9.18 Å². The molecule has 1 heterocycles. The van der Waals surface area contributed by atoms with Gasteiger partial charge in [-0.25, -0.2) is 4.39 Å². The summed E-state index contributed by atoms with van der Waals surface area (Å²) in [5.74, 6) is -0.810. The molecular formula is C16H8Cl2FNOS2. The molecule has 0 N–H and O–H groups in total. The SMILES string of the molecule is O=C1C(=Cc2ccc(Cl)cc2)SC(=S)N1c1ccc(F)c(Cl)c1. The molecule has 2 aromatic rings. The number of halogens is 3. The highest BCUT2D eigenvalue weighted by molar-refractivity contribution is 8.27. The van der Waals surface area contributed by atoms with Crippen molar-refractivity contribution in [3.8, 4) is 0 Å². The van der Waals surface area contributed by atoms with Crippen LogP contribution >= 0.6 is 47.2 Å². The van der Waals surface area contributed by atoms with Gasteiger partial charge in [-0.3, -0.25) is 9.69 Å². The Hall–Kier alpha value is -1.40. The van der Waals surface area contributed by atoms with Crippen LogP contribution in [0.1, 0.15) is 5.56 Å². The molecule has 7 heteroatoms. The van der Waals surface area contributed by atoms with E-state index in [-0.39, 0.29) is 10.9 Å². The van der Waals surface area contributed by atoms with E-state index in [0.717, 1.165) is 5.56 Å². The molecule has 0 saturated carbocycles. The van der Waals surface area contributed by atoms with Crippen LogP contribution in [0.2, 0.25) is 10.0 Å². The Morgan fingerprint density at radius 1 is 1.13 bits per heavy atom. The van der Waals surface area contributed by atoms with Gasteiger partial charge in [0.25, 0.3) is 5.91 Å². The number of benzene rings is 2. The minimum atomic E-state index is -0.544. The maximum atomic E-state index is 13.3. The summed E-state index contributed by atoms with van der Waals surface area (Å²) in [5.41, 5.74) is 1.28. The Balaban J connectivity index is 1.93. The van der Waals surface area contributed by atoms with Crippen molar-refractivity contribution in [1.29, 1.82) is 0 Å². The topological polar surface area (TPSA) is 20.3 Å². The van der Waals surface area contributed by atoms with E-state index in [2.05, 4.69) is 0 Å². The van der Waals surface area contributed by atoms with E-state index in [9.17, 15) is 9.18 Å². The van der Waals surface area contributed by atoms with Crippen LogP contribution in [-0.4, -0.2) is 10.2 Å². The molecular weight excluding hydrogens is 376 g/mol. The second-order valence-corrected chi connectivity index (χ2v) is 7.19. The zero-order valence-corrected chi connectivity index (χ0v) is 14.6. The lowest BCUT2D eigenvalue weighted by Gasteiger charge is -2.14. The Morgan fingerprint density at radius 2 is 1.83 bits per heavy atom. The maximum Gasteiger partial charge on any atom is 0.270 e. The summed E-state index contributed by atoms with van der Waals surface area (Å²) >= 11 is 18.1. The van der Waals surface area contributed by atoms with Crippen molar-refractivity contribution in [1.82, 2.24) is 0 Å². The third kappa shape index (κ3) is 3.43. The largest absolute Gasteiger partial charge is 0.270 e. The van der Waals surface area contributed by atoms with E-state index in [4.69, 9.17) is 35.4 Å². The quantitative estimate of drug-likeness (QED) is 0.501. The van der Waals surface area contributed by atoms with Gasteiger partial charge in [0, 0.05) is 5.02 Å². The van der Waals surface area contributed by atoms with Gasteiger partial charge in [0.05, 0.1) is 15.6 Å². The summed E-state index contributed by atoms with van der Waals surface area (Å²) in [7, 11) is 0. The van der Waals surface area contributed by atoms with Gasteiger partial charge < -0.3 is 0 Å².